The molecule has 0 aliphatic heterocycles. The van der Waals surface area contributed by atoms with Crippen LogP contribution in [0, 0.1) is 18.8 Å². The first kappa shape index (κ1) is 19.9. The number of carbonyl (C=O) groups excluding carboxylic acids is 1. The smallest absolute Gasteiger partial charge is 0.332 e. The van der Waals surface area contributed by atoms with Gasteiger partial charge in [0.25, 0.3) is 0 Å². The minimum absolute atomic E-state index is 0.0677. The molecule has 140 valence electrons. The molecule has 0 saturated heterocycles. The summed E-state index contributed by atoms with van der Waals surface area (Å²) < 4.78 is 35.7. The maximum atomic E-state index is 12.7. The Morgan fingerprint density at radius 2 is 1.76 bits per heavy atom. The molecule has 1 aliphatic carbocycles. The normalized spacial score (nSPS) is 21.0. The Morgan fingerprint density at radius 1 is 1.12 bits per heavy atom. The average Bonchev–Trinajstić information content (AvgIpc) is 2.57. The second-order valence-electron chi connectivity index (χ2n) is 6.72. The fourth-order valence-corrected chi connectivity index (χ4v) is 5.09. The molecular formula is C19H28O5S. The minimum atomic E-state index is -3.31. The molecule has 0 bridgehead atoms. The molecule has 1 saturated carbocycles. The molecule has 2 atom stereocenters. The summed E-state index contributed by atoms with van der Waals surface area (Å²) in [7, 11) is -3.31. The number of carbonyl (C=O) groups is 1. The monoisotopic (exact) mass is 368 g/mol. The van der Waals surface area contributed by atoms with Crippen molar-refractivity contribution in [1.29, 1.82) is 0 Å². The molecule has 0 radical (unpaired) electrons. The lowest BCUT2D eigenvalue weighted by Crippen LogP contribution is -2.30. The Kier molecular flexibility index (Phi) is 7.44. The molecule has 0 spiro atoms. The molecule has 1 aromatic rings. The van der Waals surface area contributed by atoms with Gasteiger partial charge in [-0.05, 0) is 50.7 Å². The number of hydrogen-bond acceptors (Lipinski definition) is 5. The Bertz CT molecular complexity index is 651. The first-order chi connectivity index (χ1) is 11.9. The number of ether oxygens (including phenoxy) is 2. The van der Waals surface area contributed by atoms with E-state index >= 15 is 0 Å². The van der Waals surface area contributed by atoms with Gasteiger partial charge in [-0.25, -0.2) is 13.2 Å². The van der Waals surface area contributed by atoms with Gasteiger partial charge in [-0.2, -0.15) is 0 Å². The van der Waals surface area contributed by atoms with Crippen molar-refractivity contribution < 1.29 is 22.7 Å². The number of sulfone groups is 1. The van der Waals surface area contributed by atoms with Crippen LogP contribution in [0.5, 0.6) is 0 Å². The highest BCUT2D eigenvalue weighted by molar-refractivity contribution is 7.91. The first-order valence-electron chi connectivity index (χ1n) is 8.95. The predicted octanol–water partition coefficient (Wildman–Crippen LogP) is 3.15. The average molecular weight is 368 g/mol. The molecule has 0 N–H and O–H groups in total. The van der Waals surface area contributed by atoms with Crippen molar-refractivity contribution in [3.8, 4) is 0 Å². The van der Waals surface area contributed by atoms with Crippen molar-refractivity contribution in [2.45, 2.75) is 44.4 Å². The van der Waals surface area contributed by atoms with Crippen LogP contribution >= 0.6 is 0 Å². The molecule has 2 rings (SSSR count). The number of rotatable bonds is 8. The Hall–Kier alpha value is -1.40. The Balaban J connectivity index is 1.95. The van der Waals surface area contributed by atoms with Gasteiger partial charge >= 0.3 is 5.97 Å². The first-order valence-corrected chi connectivity index (χ1v) is 10.6. The highest BCUT2D eigenvalue weighted by atomic mass is 32.2. The zero-order valence-electron chi connectivity index (χ0n) is 15.1. The third kappa shape index (κ3) is 6.12. The van der Waals surface area contributed by atoms with Crippen LogP contribution in [0.4, 0.5) is 0 Å². The number of esters is 1. The molecule has 1 aliphatic rings. The highest BCUT2D eigenvalue weighted by Crippen LogP contribution is 2.32. The molecular weight excluding hydrogens is 340 g/mol. The highest BCUT2D eigenvalue weighted by Gasteiger charge is 2.30. The summed E-state index contributed by atoms with van der Waals surface area (Å²) in [5.74, 6) is 0.0107. The van der Waals surface area contributed by atoms with E-state index in [0.29, 0.717) is 18.1 Å². The van der Waals surface area contributed by atoms with Crippen LogP contribution < -0.4 is 0 Å². The molecule has 5 nitrogen and oxygen atoms in total. The van der Waals surface area contributed by atoms with Crippen LogP contribution in [0.3, 0.4) is 0 Å². The standard InChI is InChI=1S/C19H28O5S/c1-3-24-19(20)13-23-12-16-6-4-5-7-17(16)14-25(21,22)18-10-8-15(2)9-11-18/h8-11,16-17H,3-7,12-14H2,1-2H3. The number of hydrogen-bond donors (Lipinski definition) is 0. The van der Waals surface area contributed by atoms with Crippen LogP contribution in [-0.4, -0.2) is 40.0 Å². The SMILES string of the molecule is CCOC(=O)COCC1CCCCC1CS(=O)(=O)c1ccc(C)cc1. The van der Waals surface area contributed by atoms with Crippen LogP contribution in [0.15, 0.2) is 29.2 Å². The second-order valence-corrected chi connectivity index (χ2v) is 8.75. The van der Waals surface area contributed by atoms with Crippen LogP contribution in [0.25, 0.3) is 0 Å². The third-order valence-corrected chi connectivity index (χ3v) is 6.59. The lowest BCUT2D eigenvalue weighted by atomic mass is 9.81. The van der Waals surface area contributed by atoms with Gasteiger partial charge in [0.15, 0.2) is 9.84 Å². The van der Waals surface area contributed by atoms with E-state index in [0.717, 1.165) is 31.2 Å². The minimum Gasteiger partial charge on any atom is -0.464 e. The van der Waals surface area contributed by atoms with Gasteiger partial charge < -0.3 is 9.47 Å². The van der Waals surface area contributed by atoms with Gasteiger partial charge in [-0.1, -0.05) is 30.5 Å². The molecule has 0 aromatic heterocycles. The van der Waals surface area contributed by atoms with E-state index in [1.807, 2.05) is 19.1 Å². The van der Waals surface area contributed by atoms with Gasteiger partial charge in [0.2, 0.25) is 0 Å². The van der Waals surface area contributed by atoms with Gasteiger partial charge in [0.1, 0.15) is 6.61 Å². The van der Waals surface area contributed by atoms with Crippen molar-refractivity contribution in [2.75, 3.05) is 25.6 Å². The van der Waals surface area contributed by atoms with Crippen molar-refractivity contribution in [1.82, 2.24) is 0 Å². The fraction of sp³-hybridized carbons (Fsp3) is 0.632. The summed E-state index contributed by atoms with van der Waals surface area (Å²) in [5, 5.41) is 0. The van der Waals surface area contributed by atoms with Crippen molar-refractivity contribution in [3.63, 3.8) is 0 Å². The third-order valence-electron chi connectivity index (χ3n) is 4.74. The molecule has 1 aromatic carbocycles. The van der Waals surface area contributed by atoms with Crippen LogP contribution in [0.2, 0.25) is 0 Å². The molecule has 0 heterocycles. The van der Waals surface area contributed by atoms with E-state index in [9.17, 15) is 13.2 Å². The quantitative estimate of drug-likeness (QED) is 0.659. The zero-order chi connectivity index (χ0) is 18.3. The van der Waals surface area contributed by atoms with E-state index in [2.05, 4.69) is 0 Å². The largest absolute Gasteiger partial charge is 0.464 e. The maximum absolute atomic E-state index is 12.7. The summed E-state index contributed by atoms with van der Waals surface area (Å²) >= 11 is 0. The molecule has 25 heavy (non-hydrogen) atoms. The van der Waals surface area contributed by atoms with Gasteiger partial charge in [0.05, 0.1) is 23.9 Å². The molecule has 6 heteroatoms. The van der Waals surface area contributed by atoms with Gasteiger partial charge in [-0.15, -0.1) is 0 Å². The van der Waals surface area contributed by atoms with Crippen LogP contribution in [0.1, 0.15) is 38.2 Å². The van der Waals surface area contributed by atoms with E-state index in [1.165, 1.54) is 0 Å². The van der Waals surface area contributed by atoms with E-state index in [1.54, 1.807) is 19.1 Å². The Morgan fingerprint density at radius 3 is 2.40 bits per heavy atom. The summed E-state index contributed by atoms with van der Waals surface area (Å²) in [5.41, 5.74) is 1.04. The number of benzene rings is 1. The summed E-state index contributed by atoms with van der Waals surface area (Å²) in [6.45, 7) is 4.37. The van der Waals surface area contributed by atoms with E-state index in [4.69, 9.17) is 9.47 Å². The predicted molar refractivity (Wildman–Crippen MR) is 96.1 cm³/mol. The van der Waals surface area contributed by atoms with Crippen molar-refractivity contribution >= 4 is 15.8 Å². The van der Waals surface area contributed by atoms with Gasteiger partial charge in [-0.3, -0.25) is 0 Å². The second kappa shape index (κ2) is 9.34. The van der Waals surface area contributed by atoms with E-state index < -0.39 is 9.84 Å². The summed E-state index contributed by atoms with van der Waals surface area (Å²) in [6, 6.07) is 7.01. The summed E-state index contributed by atoms with van der Waals surface area (Å²) in [6.07, 6.45) is 3.95. The molecule has 1 fully saturated rings. The van der Waals surface area contributed by atoms with E-state index in [-0.39, 0.29) is 30.2 Å². The zero-order valence-corrected chi connectivity index (χ0v) is 15.9. The van der Waals surface area contributed by atoms with Gasteiger partial charge in [0, 0.05) is 0 Å². The lowest BCUT2D eigenvalue weighted by molar-refractivity contribution is -0.149. The van der Waals surface area contributed by atoms with Crippen molar-refractivity contribution in [2.24, 2.45) is 11.8 Å². The maximum Gasteiger partial charge on any atom is 0.332 e. The molecule has 0 amide bonds. The topological polar surface area (TPSA) is 69.7 Å². The Labute approximate surface area is 150 Å². The summed E-state index contributed by atoms with van der Waals surface area (Å²) in [4.78, 5) is 11.7. The van der Waals surface area contributed by atoms with Crippen LogP contribution in [-0.2, 0) is 24.1 Å². The van der Waals surface area contributed by atoms with Crippen molar-refractivity contribution in [3.05, 3.63) is 29.8 Å². The lowest BCUT2D eigenvalue weighted by Gasteiger charge is -2.31. The molecule has 2 unspecified atom stereocenters. The fourth-order valence-electron chi connectivity index (χ4n) is 3.34. The number of aryl methyl sites for hydroxylation is 1.